The van der Waals surface area contributed by atoms with Crippen LogP contribution in [0.4, 0.5) is 0 Å². The third kappa shape index (κ3) is 3.20. The standard InChI is InChI=1S/C12H18N2.ClH/c13-7-3-8-14-9-6-11-4-1-2-5-12(11)10-14;/h1-2,4-5H,3,6-10,13H2;1H. The number of nitrogens with zero attached hydrogens (tertiary/aromatic N) is 1. The summed E-state index contributed by atoms with van der Waals surface area (Å²) in [5.74, 6) is 0. The average Bonchev–Trinajstić information content (AvgIpc) is 2.26. The summed E-state index contributed by atoms with van der Waals surface area (Å²) in [5.41, 5.74) is 8.53. The van der Waals surface area contributed by atoms with Crippen LogP contribution in [0.3, 0.4) is 0 Å². The lowest BCUT2D eigenvalue weighted by Crippen LogP contribution is -2.32. The first-order valence-electron chi connectivity index (χ1n) is 5.39. The van der Waals surface area contributed by atoms with Crippen molar-refractivity contribution in [3.63, 3.8) is 0 Å². The van der Waals surface area contributed by atoms with Gasteiger partial charge in [0.2, 0.25) is 0 Å². The minimum absolute atomic E-state index is 0. The van der Waals surface area contributed by atoms with E-state index in [1.807, 2.05) is 0 Å². The largest absolute Gasteiger partial charge is 0.330 e. The molecule has 0 saturated carbocycles. The lowest BCUT2D eigenvalue weighted by Gasteiger charge is -2.28. The Hall–Kier alpha value is -0.570. The van der Waals surface area contributed by atoms with E-state index < -0.39 is 0 Å². The highest BCUT2D eigenvalue weighted by atomic mass is 35.5. The van der Waals surface area contributed by atoms with Crippen LogP contribution in [0.15, 0.2) is 24.3 Å². The Morgan fingerprint density at radius 2 is 1.93 bits per heavy atom. The maximum atomic E-state index is 5.51. The van der Waals surface area contributed by atoms with Gasteiger partial charge in [0.1, 0.15) is 0 Å². The molecule has 1 aliphatic heterocycles. The van der Waals surface area contributed by atoms with Crippen LogP contribution in [0.5, 0.6) is 0 Å². The predicted octanol–water partition coefficient (Wildman–Crippen LogP) is 1.82. The molecule has 0 aliphatic carbocycles. The zero-order valence-corrected chi connectivity index (χ0v) is 9.80. The topological polar surface area (TPSA) is 29.3 Å². The Morgan fingerprint density at radius 1 is 1.20 bits per heavy atom. The van der Waals surface area contributed by atoms with Gasteiger partial charge >= 0.3 is 0 Å². The van der Waals surface area contributed by atoms with E-state index in [9.17, 15) is 0 Å². The highest BCUT2D eigenvalue weighted by Crippen LogP contribution is 2.18. The van der Waals surface area contributed by atoms with Crippen LogP contribution in [-0.2, 0) is 13.0 Å². The van der Waals surface area contributed by atoms with Gasteiger partial charge < -0.3 is 5.73 Å². The van der Waals surface area contributed by atoms with Gasteiger partial charge in [-0.3, -0.25) is 4.90 Å². The van der Waals surface area contributed by atoms with Gasteiger partial charge in [-0.1, -0.05) is 24.3 Å². The summed E-state index contributed by atoms with van der Waals surface area (Å²) in [7, 11) is 0. The second-order valence-corrected chi connectivity index (χ2v) is 3.94. The third-order valence-electron chi connectivity index (χ3n) is 2.89. The lowest BCUT2D eigenvalue weighted by molar-refractivity contribution is 0.252. The SMILES string of the molecule is Cl.NCCCN1CCc2ccccc2C1. The fourth-order valence-electron chi connectivity index (χ4n) is 2.06. The van der Waals surface area contributed by atoms with Gasteiger partial charge in [0.05, 0.1) is 0 Å². The highest BCUT2D eigenvalue weighted by Gasteiger charge is 2.14. The summed E-state index contributed by atoms with van der Waals surface area (Å²) < 4.78 is 0. The van der Waals surface area contributed by atoms with Crippen molar-refractivity contribution in [2.24, 2.45) is 5.73 Å². The van der Waals surface area contributed by atoms with Crippen LogP contribution in [0.25, 0.3) is 0 Å². The number of rotatable bonds is 3. The lowest BCUT2D eigenvalue weighted by atomic mass is 10.00. The predicted molar refractivity (Wildman–Crippen MR) is 66.3 cm³/mol. The summed E-state index contributed by atoms with van der Waals surface area (Å²) in [5, 5.41) is 0. The van der Waals surface area contributed by atoms with Crippen molar-refractivity contribution in [2.75, 3.05) is 19.6 Å². The Morgan fingerprint density at radius 3 is 2.67 bits per heavy atom. The summed E-state index contributed by atoms with van der Waals surface area (Å²) >= 11 is 0. The second-order valence-electron chi connectivity index (χ2n) is 3.94. The van der Waals surface area contributed by atoms with Crippen LogP contribution in [0.1, 0.15) is 17.5 Å². The minimum atomic E-state index is 0. The number of nitrogens with two attached hydrogens (primary N) is 1. The van der Waals surface area contributed by atoms with E-state index in [4.69, 9.17) is 5.73 Å². The molecule has 1 heterocycles. The van der Waals surface area contributed by atoms with Crippen molar-refractivity contribution in [3.8, 4) is 0 Å². The number of hydrogen-bond acceptors (Lipinski definition) is 2. The van der Waals surface area contributed by atoms with E-state index in [2.05, 4.69) is 29.2 Å². The molecule has 2 rings (SSSR count). The molecule has 0 atom stereocenters. The maximum Gasteiger partial charge on any atom is 0.0236 e. The first-order valence-corrected chi connectivity index (χ1v) is 5.39. The molecule has 0 aromatic heterocycles. The fourth-order valence-corrected chi connectivity index (χ4v) is 2.06. The van der Waals surface area contributed by atoms with Crippen LogP contribution >= 0.6 is 12.4 Å². The molecule has 2 nitrogen and oxygen atoms in total. The Balaban J connectivity index is 0.00000112. The number of halogens is 1. The number of benzene rings is 1. The molecule has 84 valence electrons. The first-order chi connectivity index (χ1) is 6.90. The summed E-state index contributed by atoms with van der Waals surface area (Å²) in [6, 6.07) is 8.75. The van der Waals surface area contributed by atoms with Gasteiger partial charge in [-0.2, -0.15) is 0 Å². The molecule has 1 aromatic rings. The molecule has 1 aromatic carbocycles. The molecular formula is C12H19ClN2. The average molecular weight is 227 g/mol. The van der Waals surface area contributed by atoms with E-state index in [-0.39, 0.29) is 12.4 Å². The monoisotopic (exact) mass is 226 g/mol. The van der Waals surface area contributed by atoms with Gasteiger partial charge in [0, 0.05) is 13.1 Å². The molecule has 2 N–H and O–H groups in total. The molecule has 0 amide bonds. The van der Waals surface area contributed by atoms with Crippen molar-refractivity contribution in [3.05, 3.63) is 35.4 Å². The van der Waals surface area contributed by atoms with E-state index >= 15 is 0 Å². The molecule has 0 saturated heterocycles. The van der Waals surface area contributed by atoms with Gasteiger partial charge in [-0.05, 0) is 37.1 Å². The van der Waals surface area contributed by atoms with Crippen LogP contribution in [0.2, 0.25) is 0 Å². The summed E-state index contributed by atoms with van der Waals surface area (Å²) in [6.45, 7) is 4.25. The van der Waals surface area contributed by atoms with E-state index in [0.717, 1.165) is 26.1 Å². The van der Waals surface area contributed by atoms with Crippen LogP contribution in [0, 0.1) is 0 Å². The Kier molecular flexibility index (Phi) is 5.09. The van der Waals surface area contributed by atoms with Crippen molar-refractivity contribution < 1.29 is 0 Å². The molecule has 0 bridgehead atoms. The van der Waals surface area contributed by atoms with Crippen LogP contribution in [-0.4, -0.2) is 24.5 Å². The highest BCUT2D eigenvalue weighted by molar-refractivity contribution is 5.85. The number of hydrogen-bond donors (Lipinski definition) is 1. The summed E-state index contributed by atoms with van der Waals surface area (Å²) in [4.78, 5) is 2.50. The smallest absolute Gasteiger partial charge is 0.0236 e. The first kappa shape index (κ1) is 12.5. The van der Waals surface area contributed by atoms with Crippen molar-refractivity contribution in [1.82, 2.24) is 4.90 Å². The second kappa shape index (κ2) is 6.11. The van der Waals surface area contributed by atoms with Gasteiger partial charge in [0.25, 0.3) is 0 Å². The molecule has 15 heavy (non-hydrogen) atoms. The van der Waals surface area contributed by atoms with Crippen molar-refractivity contribution >= 4 is 12.4 Å². The van der Waals surface area contributed by atoms with Crippen molar-refractivity contribution in [2.45, 2.75) is 19.4 Å². The van der Waals surface area contributed by atoms with Gasteiger partial charge in [-0.25, -0.2) is 0 Å². The zero-order valence-electron chi connectivity index (χ0n) is 8.98. The van der Waals surface area contributed by atoms with Crippen LogP contribution < -0.4 is 5.73 Å². The van der Waals surface area contributed by atoms with Gasteiger partial charge in [-0.15, -0.1) is 12.4 Å². The van der Waals surface area contributed by atoms with Gasteiger partial charge in [0.15, 0.2) is 0 Å². The van der Waals surface area contributed by atoms with E-state index in [1.54, 1.807) is 0 Å². The number of fused-ring (bicyclic) bond motifs is 1. The molecule has 0 radical (unpaired) electrons. The normalized spacial score (nSPS) is 15.5. The Bertz CT molecular complexity index is 301. The molecule has 0 unspecified atom stereocenters. The Labute approximate surface area is 97.9 Å². The fraction of sp³-hybridized carbons (Fsp3) is 0.500. The molecule has 0 spiro atoms. The molecule has 1 aliphatic rings. The molecule has 3 heteroatoms. The van der Waals surface area contributed by atoms with Crippen molar-refractivity contribution in [1.29, 1.82) is 0 Å². The quantitative estimate of drug-likeness (QED) is 0.852. The summed E-state index contributed by atoms with van der Waals surface area (Å²) in [6.07, 6.45) is 2.31. The third-order valence-corrected chi connectivity index (χ3v) is 2.89. The van der Waals surface area contributed by atoms with E-state index in [1.165, 1.54) is 24.1 Å². The zero-order chi connectivity index (χ0) is 9.80. The molecule has 0 fully saturated rings. The minimum Gasteiger partial charge on any atom is -0.330 e. The molecular weight excluding hydrogens is 208 g/mol. The van der Waals surface area contributed by atoms with E-state index in [0.29, 0.717) is 0 Å². The maximum absolute atomic E-state index is 5.51.